The highest BCUT2D eigenvalue weighted by molar-refractivity contribution is 7.51. The summed E-state index contributed by atoms with van der Waals surface area (Å²) < 4.78 is 21.7. The van der Waals surface area contributed by atoms with Crippen molar-refractivity contribution < 1.29 is 28.9 Å². The lowest BCUT2D eigenvalue weighted by Crippen LogP contribution is -2.16. The summed E-state index contributed by atoms with van der Waals surface area (Å²) in [5.74, 6) is 0.112. The predicted octanol–water partition coefficient (Wildman–Crippen LogP) is 2.14. The van der Waals surface area contributed by atoms with Crippen molar-refractivity contribution >= 4 is 13.3 Å². The van der Waals surface area contributed by atoms with Crippen molar-refractivity contribution in [1.82, 2.24) is 4.98 Å². The molecule has 9 heteroatoms. The molecule has 0 amide bonds. The molecule has 2 aromatic rings. The number of anilines is 1. The smallest absolute Gasteiger partial charge is 0.327 e. The summed E-state index contributed by atoms with van der Waals surface area (Å²) in [6.45, 7) is 0. The molecule has 4 N–H and O–H groups in total. The number of methoxy groups -OCH3 is 2. The highest BCUT2D eigenvalue weighted by Gasteiger charge is 2.25. The minimum absolute atomic E-state index is 0.146. The third-order valence-corrected chi connectivity index (χ3v) is 4.17. The van der Waals surface area contributed by atoms with E-state index in [0.717, 1.165) is 0 Å². The largest absolute Gasteiger partial charge is 0.502 e. The summed E-state index contributed by atoms with van der Waals surface area (Å²) in [5.41, 5.74) is 1.09. The van der Waals surface area contributed by atoms with Crippen LogP contribution in [0.1, 0.15) is 11.6 Å². The summed E-state index contributed by atoms with van der Waals surface area (Å²) >= 11 is 0. The van der Waals surface area contributed by atoms with Gasteiger partial charge in [-0.15, -0.1) is 0 Å². The molecule has 1 aromatic carbocycles. The average Bonchev–Trinajstić information content (AvgIpc) is 2.54. The standard InChI is InChI=1S/C15H19N2O6P/c1-22-13-6-10(7-14(23-2)15(13)18)12(9-24(19,20)21)17-11-4-3-5-16-8-11/h3-8,12,17-18H,9H2,1-2H3,(H2,19,20,21). The molecule has 0 fully saturated rings. The Kier molecular flexibility index (Phi) is 5.66. The summed E-state index contributed by atoms with van der Waals surface area (Å²) in [5, 5.41) is 13.0. The van der Waals surface area contributed by atoms with Crippen LogP contribution in [0, 0.1) is 0 Å². The Morgan fingerprint density at radius 2 is 1.88 bits per heavy atom. The van der Waals surface area contributed by atoms with E-state index in [1.54, 1.807) is 24.5 Å². The molecule has 0 saturated carbocycles. The van der Waals surface area contributed by atoms with E-state index in [2.05, 4.69) is 10.3 Å². The van der Waals surface area contributed by atoms with Gasteiger partial charge in [0.05, 0.1) is 32.1 Å². The predicted molar refractivity (Wildman–Crippen MR) is 88.7 cm³/mol. The van der Waals surface area contributed by atoms with Crippen LogP contribution in [0.25, 0.3) is 0 Å². The molecule has 1 heterocycles. The zero-order chi connectivity index (χ0) is 17.7. The molecule has 0 bridgehead atoms. The number of nitrogens with zero attached hydrogens (tertiary/aromatic N) is 1. The Hall–Kier alpha value is -2.28. The third kappa shape index (κ3) is 4.61. The van der Waals surface area contributed by atoms with Crippen LogP contribution in [0.5, 0.6) is 17.2 Å². The molecule has 2 rings (SSSR count). The van der Waals surface area contributed by atoms with Gasteiger partial charge in [-0.25, -0.2) is 0 Å². The van der Waals surface area contributed by atoms with Crippen molar-refractivity contribution in [2.24, 2.45) is 0 Å². The van der Waals surface area contributed by atoms with Gasteiger partial charge in [0.1, 0.15) is 0 Å². The lowest BCUT2D eigenvalue weighted by Gasteiger charge is -2.22. The fraction of sp³-hybridized carbons (Fsp3) is 0.267. The average molecular weight is 354 g/mol. The molecule has 130 valence electrons. The number of phenols is 1. The SMILES string of the molecule is COc1cc(C(CP(=O)(O)O)Nc2cccnc2)cc(OC)c1O. The molecular formula is C15H19N2O6P. The van der Waals surface area contributed by atoms with Crippen molar-refractivity contribution in [3.05, 3.63) is 42.2 Å². The van der Waals surface area contributed by atoms with Crippen molar-refractivity contribution in [1.29, 1.82) is 0 Å². The lowest BCUT2D eigenvalue weighted by atomic mass is 10.1. The quantitative estimate of drug-likeness (QED) is 0.558. The molecule has 0 saturated heterocycles. The second-order valence-corrected chi connectivity index (χ2v) is 6.75. The number of benzene rings is 1. The summed E-state index contributed by atoms with van der Waals surface area (Å²) in [7, 11) is -1.55. The van der Waals surface area contributed by atoms with E-state index in [0.29, 0.717) is 11.3 Å². The minimum Gasteiger partial charge on any atom is -0.502 e. The number of phenolic OH excluding ortho intramolecular Hbond substituents is 1. The molecule has 0 aliphatic heterocycles. The number of hydrogen-bond acceptors (Lipinski definition) is 6. The van der Waals surface area contributed by atoms with Crippen molar-refractivity contribution in [2.75, 3.05) is 25.7 Å². The van der Waals surface area contributed by atoms with Gasteiger partial charge < -0.3 is 29.7 Å². The lowest BCUT2D eigenvalue weighted by molar-refractivity contribution is 0.338. The number of nitrogens with one attached hydrogen (secondary N) is 1. The molecule has 8 nitrogen and oxygen atoms in total. The number of aromatic nitrogens is 1. The number of aromatic hydroxyl groups is 1. The Labute approximate surface area is 139 Å². The molecular weight excluding hydrogens is 335 g/mol. The number of ether oxygens (including phenoxy) is 2. The Balaban J connectivity index is 2.44. The molecule has 0 aliphatic rings. The topological polar surface area (TPSA) is 121 Å². The zero-order valence-electron chi connectivity index (χ0n) is 13.2. The van der Waals surface area contributed by atoms with Gasteiger partial charge in [0.15, 0.2) is 11.5 Å². The Bertz CT molecular complexity index is 709. The van der Waals surface area contributed by atoms with Crippen LogP contribution in [-0.2, 0) is 4.57 Å². The van der Waals surface area contributed by atoms with Gasteiger partial charge in [0.2, 0.25) is 5.75 Å². The third-order valence-electron chi connectivity index (χ3n) is 3.33. The van der Waals surface area contributed by atoms with Crippen LogP contribution in [0.15, 0.2) is 36.7 Å². The molecule has 0 aliphatic carbocycles. The van der Waals surface area contributed by atoms with Gasteiger partial charge in [0, 0.05) is 12.4 Å². The molecule has 0 spiro atoms. The molecule has 1 aromatic heterocycles. The molecule has 1 unspecified atom stereocenters. The second-order valence-electron chi connectivity index (χ2n) is 5.06. The van der Waals surface area contributed by atoms with Crippen LogP contribution in [0.4, 0.5) is 5.69 Å². The van der Waals surface area contributed by atoms with Crippen molar-refractivity contribution in [2.45, 2.75) is 6.04 Å². The first-order valence-corrected chi connectivity index (χ1v) is 8.80. The van der Waals surface area contributed by atoms with E-state index in [1.807, 2.05) is 0 Å². The number of pyridine rings is 1. The van der Waals surface area contributed by atoms with Gasteiger partial charge in [-0.3, -0.25) is 9.55 Å². The second kappa shape index (κ2) is 7.53. The van der Waals surface area contributed by atoms with Crippen LogP contribution in [0.2, 0.25) is 0 Å². The van der Waals surface area contributed by atoms with Gasteiger partial charge in [-0.05, 0) is 29.8 Å². The fourth-order valence-corrected chi connectivity index (χ4v) is 3.01. The fourth-order valence-electron chi connectivity index (χ4n) is 2.24. The van der Waals surface area contributed by atoms with Crippen molar-refractivity contribution in [3.63, 3.8) is 0 Å². The first kappa shape index (κ1) is 18.1. The van der Waals surface area contributed by atoms with Gasteiger partial charge >= 0.3 is 7.60 Å². The summed E-state index contributed by atoms with van der Waals surface area (Å²) in [4.78, 5) is 22.7. The van der Waals surface area contributed by atoms with E-state index in [4.69, 9.17) is 9.47 Å². The van der Waals surface area contributed by atoms with Crippen LogP contribution in [-0.4, -0.2) is 40.3 Å². The first-order chi connectivity index (χ1) is 11.3. The van der Waals surface area contributed by atoms with E-state index < -0.39 is 19.8 Å². The van der Waals surface area contributed by atoms with Crippen LogP contribution in [0.3, 0.4) is 0 Å². The summed E-state index contributed by atoms with van der Waals surface area (Å²) in [6.07, 6.45) is 2.69. The zero-order valence-corrected chi connectivity index (χ0v) is 14.1. The van der Waals surface area contributed by atoms with E-state index in [-0.39, 0.29) is 17.2 Å². The molecule has 24 heavy (non-hydrogen) atoms. The number of rotatable bonds is 7. The monoisotopic (exact) mass is 354 g/mol. The highest BCUT2D eigenvalue weighted by atomic mass is 31.2. The first-order valence-electron chi connectivity index (χ1n) is 7.00. The van der Waals surface area contributed by atoms with E-state index in [9.17, 15) is 19.5 Å². The molecule has 1 atom stereocenters. The van der Waals surface area contributed by atoms with Gasteiger partial charge in [-0.2, -0.15) is 0 Å². The maximum atomic E-state index is 11.5. The number of hydrogen-bond donors (Lipinski definition) is 4. The van der Waals surface area contributed by atoms with Crippen molar-refractivity contribution in [3.8, 4) is 17.2 Å². The maximum Gasteiger partial charge on any atom is 0.327 e. The van der Waals surface area contributed by atoms with E-state index in [1.165, 1.54) is 26.4 Å². The normalized spacial score (nSPS) is 12.5. The van der Waals surface area contributed by atoms with E-state index >= 15 is 0 Å². The highest BCUT2D eigenvalue weighted by Crippen LogP contribution is 2.44. The van der Waals surface area contributed by atoms with Gasteiger partial charge in [-0.1, -0.05) is 0 Å². The minimum atomic E-state index is -4.31. The Morgan fingerprint density at radius 1 is 1.25 bits per heavy atom. The van der Waals surface area contributed by atoms with Gasteiger partial charge in [0.25, 0.3) is 0 Å². The van der Waals surface area contributed by atoms with Crippen LogP contribution < -0.4 is 14.8 Å². The molecule has 0 radical (unpaired) electrons. The maximum absolute atomic E-state index is 11.5. The van der Waals surface area contributed by atoms with Crippen LogP contribution >= 0.6 is 7.60 Å². The Morgan fingerprint density at radius 3 is 2.33 bits per heavy atom. The summed E-state index contributed by atoms with van der Waals surface area (Å²) in [6, 6.07) is 5.70.